The fourth-order valence-corrected chi connectivity index (χ4v) is 2.97. The number of hydrogen-bond donors (Lipinski definition) is 2. The molecule has 1 aliphatic heterocycles. The topological polar surface area (TPSA) is 123 Å². The molecule has 2 aromatic carbocycles. The van der Waals surface area contributed by atoms with Gasteiger partial charge in [0.25, 0.3) is 17.0 Å². The summed E-state index contributed by atoms with van der Waals surface area (Å²) < 4.78 is 5.92. The predicted molar refractivity (Wildman–Crippen MR) is 106 cm³/mol. The molecule has 9 nitrogen and oxygen atoms in total. The number of carbonyl (C=O) groups excluding carboxylic acids is 2. The standard InChI is InChI=1S/C20H14N4O5/c1-29-12-8-6-11(7-9-12)10-15-16(21-20(28)22-17(15)25)24-19(27)14-5-3-2-4-13(14)18(26)23-24/h2-10H,1H3,(H,23,26)(H,22,25,28)/b15-10-. The smallest absolute Gasteiger partial charge is 0.349 e. The summed E-state index contributed by atoms with van der Waals surface area (Å²) in [5, 5.41) is 4.80. The lowest BCUT2D eigenvalue weighted by molar-refractivity contribution is -0.116. The number of fused-ring (bicyclic) bond motifs is 1. The summed E-state index contributed by atoms with van der Waals surface area (Å²) in [6.45, 7) is 0. The highest BCUT2D eigenvalue weighted by Crippen LogP contribution is 2.16. The Morgan fingerprint density at radius 3 is 2.34 bits per heavy atom. The number of ether oxygens (including phenoxy) is 1. The van der Waals surface area contributed by atoms with Gasteiger partial charge in [-0.25, -0.2) is 4.79 Å². The Kier molecular flexibility index (Phi) is 4.40. The summed E-state index contributed by atoms with van der Waals surface area (Å²) in [5.41, 5.74) is -0.607. The van der Waals surface area contributed by atoms with Gasteiger partial charge in [-0.05, 0) is 35.9 Å². The van der Waals surface area contributed by atoms with Gasteiger partial charge in [-0.15, -0.1) is 0 Å². The van der Waals surface area contributed by atoms with Crippen LogP contribution in [-0.4, -0.2) is 34.7 Å². The predicted octanol–water partition coefficient (Wildman–Crippen LogP) is 1.28. The first-order chi connectivity index (χ1) is 14.0. The second kappa shape index (κ2) is 7.04. The molecule has 1 aromatic heterocycles. The van der Waals surface area contributed by atoms with Crippen molar-refractivity contribution in [2.24, 2.45) is 4.99 Å². The van der Waals surface area contributed by atoms with E-state index in [-0.39, 0.29) is 22.2 Å². The van der Waals surface area contributed by atoms with Crippen molar-refractivity contribution < 1.29 is 14.3 Å². The second-order valence-corrected chi connectivity index (χ2v) is 6.15. The highest BCUT2D eigenvalue weighted by Gasteiger charge is 2.28. The fraction of sp³-hybridized carbons (Fsp3) is 0.0500. The monoisotopic (exact) mass is 390 g/mol. The van der Waals surface area contributed by atoms with Gasteiger partial charge in [-0.3, -0.25) is 24.8 Å². The van der Waals surface area contributed by atoms with Crippen molar-refractivity contribution in [3.63, 3.8) is 0 Å². The molecular weight excluding hydrogens is 376 g/mol. The van der Waals surface area contributed by atoms with Crippen LogP contribution in [0.3, 0.4) is 0 Å². The van der Waals surface area contributed by atoms with Crippen molar-refractivity contribution in [3.05, 3.63) is 80.4 Å². The second-order valence-electron chi connectivity index (χ2n) is 6.15. The quantitative estimate of drug-likeness (QED) is 0.638. The van der Waals surface area contributed by atoms with E-state index in [4.69, 9.17) is 4.74 Å². The lowest BCUT2D eigenvalue weighted by Gasteiger charge is -2.16. The van der Waals surface area contributed by atoms with Crippen LogP contribution >= 0.6 is 0 Å². The lowest BCUT2D eigenvalue weighted by Crippen LogP contribution is -2.44. The van der Waals surface area contributed by atoms with Crippen LogP contribution in [0.2, 0.25) is 0 Å². The van der Waals surface area contributed by atoms with E-state index in [0.29, 0.717) is 11.3 Å². The maximum absolute atomic E-state index is 12.9. The number of H-pyrrole nitrogens is 1. The highest BCUT2D eigenvalue weighted by atomic mass is 16.5. The van der Waals surface area contributed by atoms with Crippen LogP contribution in [0.25, 0.3) is 16.8 Å². The Labute approximate surface area is 162 Å². The number of rotatable bonds is 2. The molecule has 0 radical (unpaired) electrons. The molecule has 0 aliphatic carbocycles. The molecule has 0 unspecified atom stereocenters. The summed E-state index contributed by atoms with van der Waals surface area (Å²) in [6.07, 6.45) is 1.46. The van der Waals surface area contributed by atoms with Crippen LogP contribution in [0.1, 0.15) is 5.56 Å². The number of nitrogens with one attached hydrogen (secondary N) is 2. The number of imide groups is 1. The SMILES string of the molecule is COc1ccc(/C=C2\C(=O)NC(=O)N=C2n2[nH]c(=O)c3ccccc3c2=O)cc1. The van der Waals surface area contributed by atoms with Crippen molar-refractivity contribution in [1.29, 1.82) is 0 Å². The molecule has 2 heterocycles. The maximum atomic E-state index is 12.9. The van der Waals surface area contributed by atoms with E-state index in [1.54, 1.807) is 36.4 Å². The summed E-state index contributed by atoms with van der Waals surface area (Å²) in [7, 11) is 1.53. The Hall–Kier alpha value is -4.27. The van der Waals surface area contributed by atoms with Crippen molar-refractivity contribution >= 4 is 34.6 Å². The summed E-state index contributed by atoms with van der Waals surface area (Å²) in [4.78, 5) is 53.4. The first kappa shape index (κ1) is 18.1. The van der Waals surface area contributed by atoms with Crippen LogP contribution in [0.15, 0.2) is 68.7 Å². The minimum absolute atomic E-state index is 0.0530. The first-order valence-electron chi connectivity index (χ1n) is 8.52. The number of hydrogen-bond acceptors (Lipinski definition) is 5. The molecule has 0 saturated heterocycles. The van der Waals surface area contributed by atoms with E-state index in [9.17, 15) is 19.2 Å². The number of benzene rings is 2. The number of amides is 3. The molecule has 3 amide bonds. The first-order valence-corrected chi connectivity index (χ1v) is 8.52. The number of urea groups is 1. The summed E-state index contributed by atoms with van der Waals surface area (Å²) in [6, 6.07) is 12.1. The van der Waals surface area contributed by atoms with E-state index in [2.05, 4.69) is 15.4 Å². The number of aromatic amines is 1. The van der Waals surface area contributed by atoms with Crippen LogP contribution in [0.5, 0.6) is 5.75 Å². The number of carbonyl (C=O) groups is 2. The van der Waals surface area contributed by atoms with Gasteiger partial charge in [0.2, 0.25) is 0 Å². The van der Waals surface area contributed by atoms with Gasteiger partial charge >= 0.3 is 6.03 Å². The summed E-state index contributed by atoms with van der Waals surface area (Å²) >= 11 is 0. The molecular formula is C20H14N4O5. The molecule has 144 valence electrons. The van der Waals surface area contributed by atoms with Crippen molar-refractivity contribution in [1.82, 2.24) is 15.1 Å². The Morgan fingerprint density at radius 2 is 1.66 bits per heavy atom. The van der Waals surface area contributed by atoms with E-state index in [1.807, 2.05) is 0 Å². The minimum atomic E-state index is -0.933. The third kappa shape index (κ3) is 3.25. The zero-order valence-corrected chi connectivity index (χ0v) is 15.1. The molecule has 3 aromatic rings. The third-order valence-electron chi connectivity index (χ3n) is 4.37. The van der Waals surface area contributed by atoms with Crippen molar-refractivity contribution in [3.8, 4) is 5.75 Å². The third-order valence-corrected chi connectivity index (χ3v) is 4.37. The highest BCUT2D eigenvalue weighted by molar-refractivity contribution is 6.31. The van der Waals surface area contributed by atoms with E-state index < -0.39 is 23.1 Å². The van der Waals surface area contributed by atoms with Crippen LogP contribution < -0.4 is 21.2 Å². The van der Waals surface area contributed by atoms with Gasteiger partial charge < -0.3 is 4.74 Å². The molecule has 0 fully saturated rings. The molecule has 4 rings (SSSR count). The molecule has 0 spiro atoms. The molecule has 1 aliphatic rings. The van der Waals surface area contributed by atoms with Gasteiger partial charge in [-0.1, -0.05) is 24.3 Å². The molecule has 0 atom stereocenters. The van der Waals surface area contributed by atoms with Crippen LogP contribution in [0.4, 0.5) is 4.79 Å². The number of aliphatic imine (C=N–C) groups is 1. The molecule has 9 heteroatoms. The number of aromatic nitrogens is 2. The normalized spacial score (nSPS) is 15.3. The Morgan fingerprint density at radius 1 is 0.966 bits per heavy atom. The number of nitrogens with zero attached hydrogens (tertiary/aromatic N) is 2. The van der Waals surface area contributed by atoms with Gasteiger partial charge in [0.1, 0.15) is 5.75 Å². The summed E-state index contributed by atoms with van der Waals surface area (Å²) in [5.74, 6) is -0.376. The van der Waals surface area contributed by atoms with Gasteiger partial charge in [-0.2, -0.15) is 9.67 Å². The zero-order valence-electron chi connectivity index (χ0n) is 15.1. The average Bonchev–Trinajstić information content (AvgIpc) is 2.73. The fourth-order valence-electron chi connectivity index (χ4n) is 2.97. The van der Waals surface area contributed by atoms with Crippen molar-refractivity contribution in [2.75, 3.05) is 7.11 Å². The van der Waals surface area contributed by atoms with Crippen LogP contribution in [-0.2, 0) is 4.79 Å². The van der Waals surface area contributed by atoms with Crippen LogP contribution in [0, 0.1) is 0 Å². The average molecular weight is 390 g/mol. The van der Waals surface area contributed by atoms with Crippen molar-refractivity contribution in [2.45, 2.75) is 0 Å². The van der Waals surface area contributed by atoms with E-state index in [0.717, 1.165) is 4.68 Å². The van der Waals surface area contributed by atoms with E-state index >= 15 is 0 Å². The molecule has 29 heavy (non-hydrogen) atoms. The largest absolute Gasteiger partial charge is 0.497 e. The maximum Gasteiger partial charge on any atom is 0.349 e. The lowest BCUT2D eigenvalue weighted by atomic mass is 10.1. The van der Waals surface area contributed by atoms with Gasteiger partial charge in [0.15, 0.2) is 5.84 Å². The Bertz CT molecular complexity index is 1330. The minimum Gasteiger partial charge on any atom is -0.497 e. The molecule has 0 saturated carbocycles. The van der Waals surface area contributed by atoms with Gasteiger partial charge in [0, 0.05) is 0 Å². The zero-order chi connectivity index (χ0) is 20.5. The number of methoxy groups -OCH3 is 1. The Balaban J connectivity index is 1.93. The van der Waals surface area contributed by atoms with E-state index in [1.165, 1.54) is 25.3 Å². The molecule has 2 N–H and O–H groups in total. The molecule has 0 bridgehead atoms. The van der Waals surface area contributed by atoms with Gasteiger partial charge in [0.05, 0.1) is 23.5 Å².